The first-order valence-electron chi connectivity index (χ1n) is 5.21. The van der Waals surface area contributed by atoms with E-state index in [1.165, 1.54) is 16.4 Å². The van der Waals surface area contributed by atoms with Gasteiger partial charge >= 0.3 is 0 Å². The fraction of sp³-hybridized carbons (Fsp3) is 0.500. The molecule has 2 atom stereocenters. The van der Waals surface area contributed by atoms with Gasteiger partial charge in [0.05, 0.1) is 0 Å². The molecule has 1 aliphatic heterocycles. The fourth-order valence-corrected chi connectivity index (χ4v) is 4.62. The molecule has 0 radical (unpaired) electrons. The Balaban J connectivity index is 2.29. The van der Waals surface area contributed by atoms with Gasteiger partial charge in [-0.3, -0.25) is 0 Å². The predicted octanol–water partition coefficient (Wildman–Crippen LogP) is 0.587. The number of nitrogens with two attached hydrogens (primary N) is 1. The molecule has 92 valence electrons. The molecular weight excluding hydrogens is 258 g/mol. The van der Waals surface area contributed by atoms with Crippen LogP contribution in [0.5, 0.6) is 0 Å². The van der Waals surface area contributed by atoms with Crippen LogP contribution in [0, 0.1) is 17.2 Å². The highest BCUT2D eigenvalue weighted by molar-refractivity contribution is 7.91. The van der Waals surface area contributed by atoms with Gasteiger partial charge in [-0.15, -0.1) is 11.3 Å². The van der Waals surface area contributed by atoms with Crippen LogP contribution in [0.1, 0.15) is 11.8 Å². The Bertz CT molecular complexity index is 548. The molecular formula is C10H13N3O2S2. The summed E-state index contributed by atoms with van der Waals surface area (Å²) in [6.45, 7) is 2.74. The van der Waals surface area contributed by atoms with Crippen molar-refractivity contribution in [2.75, 3.05) is 13.1 Å². The maximum absolute atomic E-state index is 12.2. The Hall–Kier alpha value is -0.940. The lowest BCUT2D eigenvalue weighted by atomic mass is 10.1. The lowest BCUT2D eigenvalue weighted by molar-refractivity contribution is 0.466. The summed E-state index contributed by atoms with van der Waals surface area (Å²) in [6, 6.07) is 4.83. The minimum Gasteiger partial charge on any atom is -0.326 e. The maximum Gasteiger partial charge on any atom is 0.252 e. The Morgan fingerprint density at radius 2 is 2.24 bits per heavy atom. The van der Waals surface area contributed by atoms with Crippen molar-refractivity contribution in [3.05, 3.63) is 17.0 Å². The van der Waals surface area contributed by atoms with Crippen LogP contribution >= 0.6 is 11.3 Å². The molecule has 0 bridgehead atoms. The van der Waals surface area contributed by atoms with Crippen molar-refractivity contribution >= 4 is 21.4 Å². The molecule has 1 saturated heterocycles. The lowest BCUT2D eigenvalue weighted by Gasteiger charge is -2.14. The van der Waals surface area contributed by atoms with Crippen molar-refractivity contribution in [3.8, 4) is 6.07 Å². The predicted molar refractivity (Wildman–Crippen MR) is 64.9 cm³/mol. The highest BCUT2D eigenvalue weighted by Gasteiger charge is 2.36. The van der Waals surface area contributed by atoms with Crippen molar-refractivity contribution in [1.29, 1.82) is 5.26 Å². The maximum atomic E-state index is 12.2. The van der Waals surface area contributed by atoms with Gasteiger partial charge in [-0.1, -0.05) is 6.92 Å². The average Bonchev–Trinajstić information content (AvgIpc) is 2.87. The van der Waals surface area contributed by atoms with Gasteiger partial charge in [-0.2, -0.15) is 9.57 Å². The molecule has 17 heavy (non-hydrogen) atoms. The summed E-state index contributed by atoms with van der Waals surface area (Å²) in [5.41, 5.74) is 5.82. The molecule has 2 heterocycles. The van der Waals surface area contributed by atoms with Crippen LogP contribution in [0.4, 0.5) is 0 Å². The number of sulfonamides is 1. The van der Waals surface area contributed by atoms with E-state index in [0.717, 1.165) is 11.3 Å². The largest absolute Gasteiger partial charge is 0.326 e. The molecule has 1 aliphatic rings. The number of hydrogen-bond acceptors (Lipinski definition) is 5. The summed E-state index contributed by atoms with van der Waals surface area (Å²) in [5.74, 6) is 0.167. The topological polar surface area (TPSA) is 87.2 Å². The third-order valence-corrected chi connectivity index (χ3v) is 6.21. The molecule has 1 aromatic rings. The number of nitrogens with zero attached hydrogens (tertiary/aromatic N) is 2. The van der Waals surface area contributed by atoms with Crippen molar-refractivity contribution in [3.63, 3.8) is 0 Å². The van der Waals surface area contributed by atoms with Gasteiger partial charge in [-0.05, 0) is 18.1 Å². The molecule has 0 amide bonds. The Labute approximate surface area is 105 Å². The van der Waals surface area contributed by atoms with Crippen molar-refractivity contribution in [2.45, 2.75) is 17.2 Å². The summed E-state index contributed by atoms with van der Waals surface area (Å²) in [6.07, 6.45) is 0. The first kappa shape index (κ1) is 12.5. The van der Waals surface area contributed by atoms with Crippen molar-refractivity contribution < 1.29 is 8.42 Å². The molecule has 0 spiro atoms. The SMILES string of the molecule is CC1CN(S(=O)(=O)c2ccc(C#N)s2)CC1N. The van der Waals surface area contributed by atoms with E-state index in [1.807, 2.05) is 13.0 Å². The summed E-state index contributed by atoms with van der Waals surface area (Å²) in [7, 11) is -3.47. The van der Waals surface area contributed by atoms with Crippen LogP contribution in [0.2, 0.25) is 0 Å². The normalized spacial score (nSPS) is 25.9. The van der Waals surface area contributed by atoms with E-state index in [4.69, 9.17) is 11.0 Å². The first-order chi connectivity index (χ1) is 7.95. The zero-order valence-electron chi connectivity index (χ0n) is 9.33. The highest BCUT2D eigenvalue weighted by atomic mass is 32.2. The Morgan fingerprint density at radius 1 is 1.53 bits per heavy atom. The van der Waals surface area contributed by atoms with Gasteiger partial charge in [0.25, 0.3) is 10.0 Å². The van der Waals surface area contributed by atoms with Crippen LogP contribution < -0.4 is 5.73 Å². The number of nitriles is 1. The van der Waals surface area contributed by atoms with Gasteiger partial charge in [0.2, 0.25) is 0 Å². The average molecular weight is 271 g/mol. The number of hydrogen-bond donors (Lipinski definition) is 1. The fourth-order valence-electron chi connectivity index (χ4n) is 1.79. The van der Waals surface area contributed by atoms with E-state index in [0.29, 0.717) is 18.0 Å². The van der Waals surface area contributed by atoms with Crippen LogP contribution in [0.3, 0.4) is 0 Å². The van der Waals surface area contributed by atoms with Crippen LogP contribution in [0.25, 0.3) is 0 Å². The quantitative estimate of drug-likeness (QED) is 0.852. The molecule has 2 unspecified atom stereocenters. The Kier molecular flexibility index (Phi) is 3.23. The van der Waals surface area contributed by atoms with Crippen LogP contribution in [-0.2, 0) is 10.0 Å². The third-order valence-electron chi connectivity index (χ3n) is 2.92. The highest BCUT2D eigenvalue weighted by Crippen LogP contribution is 2.28. The molecule has 1 aromatic heterocycles. The molecule has 5 nitrogen and oxygen atoms in total. The number of thiophene rings is 1. The summed E-state index contributed by atoms with van der Waals surface area (Å²) >= 11 is 0.998. The first-order valence-corrected chi connectivity index (χ1v) is 7.46. The van der Waals surface area contributed by atoms with E-state index >= 15 is 0 Å². The molecule has 0 saturated carbocycles. The monoisotopic (exact) mass is 271 g/mol. The number of rotatable bonds is 2. The molecule has 1 fully saturated rings. The molecule has 0 aromatic carbocycles. The standard InChI is InChI=1S/C10H13N3O2S2/c1-7-5-13(6-9(7)12)17(14,15)10-3-2-8(4-11)16-10/h2-3,7,9H,5-6,12H2,1H3. The van der Waals surface area contributed by atoms with Gasteiger partial charge in [0.1, 0.15) is 15.2 Å². The van der Waals surface area contributed by atoms with Crippen molar-refractivity contribution in [2.24, 2.45) is 11.7 Å². The summed E-state index contributed by atoms with van der Waals surface area (Å²) < 4.78 is 26.1. The van der Waals surface area contributed by atoms with Gasteiger partial charge < -0.3 is 5.73 Å². The summed E-state index contributed by atoms with van der Waals surface area (Å²) in [4.78, 5) is 0.403. The second-order valence-corrected chi connectivity index (χ2v) is 7.44. The minimum atomic E-state index is -3.47. The second-order valence-electron chi connectivity index (χ2n) is 4.19. The van der Waals surface area contributed by atoms with E-state index in [-0.39, 0.29) is 16.2 Å². The molecule has 2 rings (SSSR count). The minimum absolute atomic E-state index is 0.111. The van der Waals surface area contributed by atoms with Gasteiger partial charge in [-0.25, -0.2) is 8.42 Å². The zero-order chi connectivity index (χ0) is 12.6. The van der Waals surface area contributed by atoms with Gasteiger partial charge in [0, 0.05) is 19.1 Å². The van der Waals surface area contributed by atoms with E-state index in [2.05, 4.69) is 0 Å². The Morgan fingerprint density at radius 3 is 2.71 bits per heavy atom. The summed E-state index contributed by atoms with van der Waals surface area (Å²) in [5, 5.41) is 8.70. The van der Waals surface area contributed by atoms with Gasteiger partial charge in [0.15, 0.2) is 0 Å². The molecule has 2 N–H and O–H groups in total. The van der Waals surface area contributed by atoms with E-state index in [1.54, 1.807) is 0 Å². The van der Waals surface area contributed by atoms with E-state index in [9.17, 15) is 8.42 Å². The van der Waals surface area contributed by atoms with Crippen LogP contribution in [0.15, 0.2) is 16.3 Å². The zero-order valence-corrected chi connectivity index (χ0v) is 11.0. The lowest BCUT2D eigenvalue weighted by Crippen LogP contribution is -2.31. The van der Waals surface area contributed by atoms with Crippen LogP contribution in [-0.4, -0.2) is 31.9 Å². The van der Waals surface area contributed by atoms with E-state index < -0.39 is 10.0 Å². The second kappa shape index (κ2) is 4.38. The van der Waals surface area contributed by atoms with Crippen molar-refractivity contribution in [1.82, 2.24) is 4.31 Å². The smallest absolute Gasteiger partial charge is 0.252 e. The molecule has 0 aliphatic carbocycles. The molecule has 7 heteroatoms. The third kappa shape index (κ3) is 2.21.